The van der Waals surface area contributed by atoms with E-state index in [1.807, 2.05) is 0 Å². The summed E-state index contributed by atoms with van der Waals surface area (Å²) >= 11 is 0. The molecule has 1 aromatic carbocycles. The van der Waals surface area contributed by atoms with E-state index < -0.39 is 6.04 Å². The maximum absolute atomic E-state index is 13.6. The number of rotatable bonds is 5. The molecule has 2 rings (SSSR count). The zero-order chi connectivity index (χ0) is 13.7. The van der Waals surface area contributed by atoms with Crippen molar-refractivity contribution in [2.45, 2.75) is 6.04 Å². The minimum absolute atomic E-state index is 0.193. The first-order chi connectivity index (χ1) is 9.26. The molecule has 1 heterocycles. The number of nitrogens with one attached hydrogen (secondary N) is 1. The zero-order valence-electron chi connectivity index (χ0n) is 10.1. The van der Waals surface area contributed by atoms with Crippen LogP contribution in [0.25, 0.3) is 11.1 Å². The normalized spacial score (nSPS) is 11.9. The molecule has 1 unspecified atom stereocenters. The van der Waals surface area contributed by atoms with Crippen LogP contribution in [0.5, 0.6) is 0 Å². The summed E-state index contributed by atoms with van der Waals surface area (Å²) in [7, 11) is 0. The van der Waals surface area contributed by atoms with E-state index in [4.69, 9.17) is 5.11 Å². The number of aromatic nitrogens is 1. The second-order valence-corrected chi connectivity index (χ2v) is 4.00. The molecule has 0 bridgehead atoms. The van der Waals surface area contributed by atoms with Gasteiger partial charge in [0.15, 0.2) is 0 Å². The molecule has 1 aromatic heterocycles. The standard InChI is InChI=1S/C14H13FN2O2/c15-13-7-16-6-5-12(13)10-1-3-11(4-2-10)14(8-18)17-9-19/h1-7,9,14,18H,8H2,(H,17,19). The van der Waals surface area contributed by atoms with Gasteiger partial charge in [-0.25, -0.2) is 4.39 Å². The van der Waals surface area contributed by atoms with E-state index in [1.165, 1.54) is 6.20 Å². The van der Waals surface area contributed by atoms with Crippen molar-refractivity contribution in [3.05, 3.63) is 54.1 Å². The van der Waals surface area contributed by atoms with Crippen LogP contribution in [-0.4, -0.2) is 23.1 Å². The highest BCUT2D eigenvalue weighted by atomic mass is 19.1. The van der Waals surface area contributed by atoms with Gasteiger partial charge in [-0.05, 0) is 17.2 Å². The van der Waals surface area contributed by atoms with E-state index in [0.29, 0.717) is 17.5 Å². The van der Waals surface area contributed by atoms with Gasteiger partial charge in [-0.15, -0.1) is 0 Å². The highest BCUT2D eigenvalue weighted by Crippen LogP contribution is 2.23. The summed E-state index contributed by atoms with van der Waals surface area (Å²) in [5.41, 5.74) is 1.93. The van der Waals surface area contributed by atoms with Crippen molar-refractivity contribution in [2.75, 3.05) is 6.61 Å². The lowest BCUT2D eigenvalue weighted by Crippen LogP contribution is -2.22. The Bertz CT molecular complexity index is 558. The Labute approximate surface area is 109 Å². The van der Waals surface area contributed by atoms with Gasteiger partial charge in [0.1, 0.15) is 5.82 Å². The molecule has 1 amide bonds. The van der Waals surface area contributed by atoms with Gasteiger partial charge in [0.25, 0.3) is 0 Å². The SMILES string of the molecule is O=CNC(CO)c1ccc(-c2ccncc2F)cc1. The lowest BCUT2D eigenvalue weighted by atomic mass is 10.0. The van der Waals surface area contributed by atoms with Crippen molar-refractivity contribution in [1.82, 2.24) is 10.3 Å². The molecular formula is C14H13FN2O2. The maximum atomic E-state index is 13.6. The highest BCUT2D eigenvalue weighted by Gasteiger charge is 2.10. The number of aliphatic hydroxyl groups excluding tert-OH is 1. The Morgan fingerprint density at radius 1 is 1.32 bits per heavy atom. The number of hydrogen-bond acceptors (Lipinski definition) is 3. The molecule has 19 heavy (non-hydrogen) atoms. The van der Waals surface area contributed by atoms with Crippen LogP contribution in [-0.2, 0) is 4.79 Å². The first kappa shape index (κ1) is 13.2. The molecular weight excluding hydrogens is 247 g/mol. The lowest BCUT2D eigenvalue weighted by Gasteiger charge is -2.14. The van der Waals surface area contributed by atoms with Crippen molar-refractivity contribution in [3.8, 4) is 11.1 Å². The molecule has 0 radical (unpaired) electrons. The molecule has 0 aliphatic carbocycles. The van der Waals surface area contributed by atoms with E-state index >= 15 is 0 Å². The van der Waals surface area contributed by atoms with Crippen molar-refractivity contribution in [2.24, 2.45) is 0 Å². The fourth-order valence-electron chi connectivity index (χ4n) is 1.84. The fraction of sp³-hybridized carbons (Fsp3) is 0.143. The molecule has 2 aromatic rings. The van der Waals surface area contributed by atoms with E-state index in [2.05, 4.69) is 10.3 Å². The Morgan fingerprint density at radius 2 is 2.05 bits per heavy atom. The van der Waals surface area contributed by atoms with E-state index in [0.717, 1.165) is 11.8 Å². The van der Waals surface area contributed by atoms with Crippen LogP contribution in [0.1, 0.15) is 11.6 Å². The topological polar surface area (TPSA) is 62.2 Å². The van der Waals surface area contributed by atoms with E-state index in [1.54, 1.807) is 30.3 Å². The van der Waals surface area contributed by atoms with Crippen LogP contribution in [0.15, 0.2) is 42.7 Å². The maximum Gasteiger partial charge on any atom is 0.207 e. The fourth-order valence-corrected chi connectivity index (χ4v) is 1.84. The molecule has 98 valence electrons. The predicted molar refractivity (Wildman–Crippen MR) is 68.7 cm³/mol. The largest absolute Gasteiger partial charge is 0.394 e. The van der Waals surface area contributed by atoms with Gasteiger partial charge < -0.3 is 10.4 Å². The Hall–Kier alpha value is -2.27. The molecule has 5 heteroatoms. The Balaban J connectivity index is 2.28. The molecule has 0 fully saturated rings. The summed E-state index contributed by atoms with van der Waals surface area (Å²) in [5, 5.41) is 11.7. The molecule has 0 saturated carbocycles. The molecule has 2 N–H and O–H groups in total. The second-order valence-electron chi connectivity index (χ2n) is 4.00. The number of carbonyl (C=O) groups is 1. The number of nitrogens with zero attached hydrogens (tertiary/aromatic N) is 1. The van der Waals surface area contributed by atoms with E-state index in [-0.39, 0.29) is 12.4 Å². The molecule has 0 aliphatic heterocycles. The summed E-state index contributed by atoms with van der Waals surface area (Å²) in [6, 6.07) is 8.11. The number of pyridine rings is 1. The summed E-state index contributed by atoms with van der Waals surface area (Å²) in [4.78, 5) is 14.1. The monoisotopic (exact) mass is 260 g/mol. The first-order valence-electron chi connectivity index (χ1n) is 5.76. The van der Waals surface area contributed by atoms with Gasteiger partial charge in [-0.2, -0.15) is 0 Å². The second kappa shape index (κ2) is 6.06. The van der Waals surface area contributed by atoms with Crippen molar-refractivity contribution in [1.29, 1.82) is 0 Å². The molecule has 0 saturated heterocycles. The molecule has 0 spiro atoms. The van der Waals surface area contributed by atoms with Crippen molar-refractivity contribution >= 4 is 6.41 Å². The number of amides is 1. The summed E-state index contributed by atoms with van der Waals surface area (Å²) < 4.78 is 13.6. The highest BCUT2D eigenvalue weighted by molar-refractivity contribution is 5.64. The van der Waals surface area contributed by atoms with Crippen LogP contribution in [0.4, 0.5) is 4.39 Å². The lowest BCUT2D eigenvalue weighted by molar-refractivity contribution is -0.110. The van der Waals surface area contributed by atoms with Crippen molar-refractivity contribution < 1.29 is 14.3 Å². The number of carbonyl (C=O) groups excluding carboxylic acids is 1. The number of halogens is 1. The molecule has 1 atom stereocenters. The van der Waals surface area contributed by atoms with Crippen LogP contribution in [0, 0.1) is 5.82 Å². The Kier molecular flexibility index (Phi) is 4.20. The number of hydrogen-bond donors (Lipinski definition) is 2. The van der Waals surface area contributed by atoms with Gasteiger partial charge in [-0.1, -0.05) is 24.3 Å². The average Bonchev–Trinajstić information content (AvgIpc) is 2.46. The minimum Gasteiger partial charge on any atom is -0.394 e. The average molecular weight is 260 g/mol. The summed E-state index contributed by atoms with van der Waals surface area (Å²) in [6.45, 7) is -0.193. The van der Waals surface area contributed by atoms with Gasteiger partial charge >= 0.3 is 0 Å². The van der Waals surface area contributed by atoms with Crippen LogP contribution in [0.3, 0.4) is 0 Å². The quantitative estimate of drug-likeness (QED) is 0.804. The van der Waals surface area contributed by atoms with Crippen LogP contribution in [0.2, 0.25) is 0 Å². The zero-order valence-corrected chi connectivity index (χ0v) is 10.1. The smallest absolute Gasteiger partial charge is 0.207 e. The summed E-state index contributed by atoms with van der Waals surface area (Å²) in [6.07, 6.45) is 3.22. The van der Waals surface area contributed by atoms with Gasteiger partial charge in [0.05, 0.1) is 18.8 Å². The van der Waals surface area contributed by atoms with Gasteiger partial charge in [0, 0.05) is 11.8 Å². The van der Waals surface area contributed by atoms with Crippen molar-refractivity contribution in [3.63, 3.8) is 0 Å². The van der Waals surface area contributed by atoms with Crippen LogP contribution >= 0.6 is 0 Å². The third kappa shape index (κ3) is 2.95. The minimum atomic E-state index is -0.450. The van der Waals surface area contributed by atoms with E-state index in [9.17, 15) is 9.18 Å². The third-order valence-electron chi connectivity index (χ3n) is 2.85. The number of benzene rings is 1. The number of aliphatic hydroxyl groups is 1. The predicted octanol–water partition coefficient (Wildman–Crippen LogP) is 1.67. The van der Waals surface area contributed by atoms with Gasteiger partial charge in [0.2, 0.25) is 6.41 Å². The Morgan fingerprint density at radius 3 is 2.63 bits per heavy atom. The third-order valence-corrected chi connectivity index (χ3v) is 2.85. The molecule has 4 nitrogen and oxygen atoms in total. The first-order valence-corrected chi connectivity index (χ1v) is 5.76. The van der Waals surface area contributed by atoms with Crippen LogP contribution < -0.4 is 5.32 Å². The molecule has 0 aliphatic rings. The summed E-state index contributed by atoms with van der Waals surface area (Å²) in [5.74, 6) is -0.389. The van der Waals surface area contributed by atoms with Gasteiger partial charge in [-0.3, -0.25) is 9.78 Å².